The van der Waals surface area contributed by atoms with E-state index in [0.717, 1.165) is 15.6 Å². The lowest BCUT2D eigenvalue weighted by Crippen LogP contribution is -1.97. The number of thioether (sulfide) groups is 1. The first-order valence-electron chi connectivity index (χ1n) is 5.07. The third-order valence-electron chi connectivity index (χ3n) is 2.03. The van der Waals surface area contributed by atoms with Gasteiger partial charge in [0.25, 0.3) is 0 Å². The maximum absolute atomic E-state index is 10.5. The molecule has 0 saturated carbocycles. The van der Waals surface area contributed by atoms with Crippen LogP contribution in [0, 0.1) is 0 Å². The zero-order valence-electron chi connectivity index (χ0n) is 9.00. The third kappa shape index (κ3) is 3.87. The van der Waals surface area contributed by atoms with Crippen molar-refractivity contribution < 1.29 is 9.90 Å². The van der Waals surface area contributed by atoms with Crippen LogP contribution < -0.4 is 0 Å². The van der Waals surface area contributed by atoms with Crippen molar-refractivity contribution in [2.75, 3.05) is 0 Å². The zero-order valence-corrected chi connectivity index (χ0v) is 10.6. The van der Waals surface area contributed by atoms with Crippen LogP contribution in [0.4, 0.5) is 0 Å². The van der Waals surface area contributed by atoms with Crippen molar-refractivity contribution in [3.05, 3.63) is 46.4 Å². The quantitative estimate of drug-likeness (QED) is 0.844. The van der Waals surface area contributed by atoms with E-state index >= 15 is 0 Å². The summed E-state index contributed by atoms with van der Waals surface area (Å²) in [4.78, 5) is 16.8. The molecule has 2 rings (SSSR count). The predicted octanol–water partition coefficient (Wildman–Crippen LogP) is 3.06. The molecular weight excluding hydrogens is 254 g/mol. The zero-order chi connectivity index (χ0) is 12.1. The first kappa shape index (κ1) is 12.1. The molecule has 0 amide bonds. The summed E-state index contributed by atoms with van der Waals surface area (Å²) in [5, 5.41) is 9.63. The van der Waals surface area contributed by atoms with E-state index in [0.29, 0.717) is 0 Å². The van der Waals surface area contributed by atoms with E-state index in [1.165, 1.54) is 16.2 Å². The number of carbonyl (C=O) groups is 1. The van der Waals surface area contributed by atoms with Crippen LogP contribution in [0.3, 0.4) is 0 Å². The minimum Gasteiger partial charge on any atom is -0.481 e. The lowest BCUT2D eigenvalue weighted by Gasteiger charge is -1.97. The summed E-state index contributed by atoms with van der Waals surface area (Å²) < 4.78 is 0. The number of benzene rings is 1. The third-order valence-corrected chi connectivity index (χ3v) is 4.24. The van der Waals surface area contributed by atoms with Gasteiger partial charge in [-0.15, -0.1) is 23.1 Å². The molecule has 0 bridgehead atoms. The SMILES string of the molecule is O=C(O)Cc1cnc(CSc2ccccc2)s1. The summed E-state index contributed by atoms with van der Waals surface area (Å²) >= 11 is 3.17. The van der Waals surface area contributed by atoms with Gasteiger partial charge in [-0.1, -0.05) is 18.2 Å². The molecule has 0 saturated heterocycles. The number of hydrogen-bond donors (Lipinski definition) is 1. The van der Waals surface area contributed by atoms with Crippen molar-refractivity contribution in [3.63, 3.8) is 0 Å². The predicted molar refractivity (Wildman–Crippen MR) is 69.5 cm³/mol. The highest BCUT2D eigenvalue weighted by molar-refractivity contribution is 7.98. The fourth-order valence-corrected chi connectivity index (χ4v) is 3.14. The average Bonchev–Trinajstić information content (AvgIpc) is 2.75. The summed E-state index contributed by atoms with van der Waals surface area (Å²) in [5.41, 5.74) is 0. The number of nitrogens with zero attached hydrogens (tertiary/aromatic N) is 1. The van der Waals surface area contributed by atoms with E-state index in [2.05, 4.69) is 17.1 Å². The van der Waals surface area contributed by atoms with E-state index in [1.807, 2.05) is 18.2 Å². The summed E-state index contributed by atoms with van der Waals surface area (Å²) in [6.07, 6.45) is 1.72. The van der Waals surface area contributed by atoms with Gasteiger partial charge in [-0.2, -0.15) is 0 Å². The Labute approximate surface area is 108 Å². The van der Waals surface area contributed by atoms with Crippen LogP contribution in [0.25, 0.3) is 0 Å². The minimum atomic E-state index is -0.809. The molecule has 17 heavy (non-hydrogen) atoms. The summed E-state index contributed by atoms with van der Waals surface area (Å²) in [5.74, 6) is -0.0233. The monoisotopic (exact) mass is 265 g/mol. The number of carboxylic acid groups (broad SMARTS) is 1. The molecule has 1 N–H and O–H groups in total. The molecule has 0 aliphatic heterocycles. The molecular formula is C12H11NO2S2. The van der Waals surface area contributed by atoms with Gasteiger partial charge in [0.2, 0.25) is 0 Å². The second-order valence-electron chi connectivity index (χ2n) is 3.39. The Morgan fingerprint density at radius 3 is 2.82 bits per heavy atom. The van der Waals surface area contributed by atoms with Crippen molar-refractivity contribution in [2.24, 2.45) is 0 Å². The van der Waals surface area contributed by atoms with E-state index < -0.39 is 5.97 Å². The molecule has 1 aromatic heterocycles. The number of carboxylic acids is 1. The van der Waals surface area contributed by atoms with Gasteiger partial charge in [-0.05, 0) is 12.1 Å². The van der Waals surface area contributed by atoms with E-state index in [4.69, 9.17) is 5.11 Å². The molecule has 5 heteroatoms. The minimum absolute atomic E-state index is 0.0632. The lowest BCUT2D eigenvalue weighted by molar-refractivity contribution is -0.136. The molecule has 88 valence electrons. The molecule has 0 aliphatic carbocycles. The van der Waals surface area contributed by atoms with Crippen LogP contribution in [0.5, 0.6) is 0 Å². The van der Waals surface area contributed by atoms with Gasteiger partial charge in [-0.25, -0.2) is 4.98 Å². The van der Waals surface area contributed by atoms with E-state index in [1.54, 1.807) is 18.0 Å². The fraction of sp³-hybridized carbons (Fsp3) is 0.167. The standard InChI is InChI=1S/C12H11NO2S2/c14-12(15)6-10-7-13-11(17-10)8-16-9-4-2-1-3-5-9/h1-5,7H,6,8H2,(H,14,15). The van der Waals surface area contributed by atoms with Crippen molar-refractivity contribution in [1.82, 2.24) is 4.98 Å². The summed E-state index contributed by atoms with van der Waals surface area (Å²) in [7, 11) is 0. The highest BCUT2D eigenvalue weighted by Crippen LogP contribution is 2.24. The Kier molecular flexibility index (Phi) is 4.17. The number of rotatable bonds is 5. The van der Waals surface area contributed by atoms with Crippen molar-refractivity contribution >= 4 is 29.1 Å². The fourth-order valence-electron chi connectivity index (χ4n) is 1.31. The van der Waals surface area contributed by atoms with E-state index in [9.17, 15) is 4.79 Å². The first-order valence-corrected chi connectivity index (χ1v) is 6.87. The van der Waals surface area contributed by atoms with Crippen LogP contribution in [0.2, 0.25) is 0 Å². The van der Waals surface area contributed by atoms with Crippen molar-refractivity contribution in [3.8, 4) is 0 Å². The molecule has 0 fully saturated rings. The lowest BCUT2D eigenvalue weighted by atomic mass is 10.4. The first-order chi connectivity index (χ1) is 8.24. The van der Waals surface area contributed by atoms with Gasteiger partial charge in [-0.3, -0.25) is 4.79 Å². The summed E-state index contributed by atoms with van der Waals surface area (Å²) in [6.45, 7) is 0. The molecule has 0 radical (unpaired) electrons. The van der Waals surface area contributed by atoms with Crippen LogP contribution >= 0.6 is 23.1 Å². The second kappa shape index (κ2) is 5.84. The largest absolute Gasteiger partial charge is 0.481 e. The van der Waals surface area contributed by atoms with Gasteiger partial charge < -0.3 is 5.11 Å². The van der Waals surface area contributed by atoms with Gasteiger partial charge in [0.15, 0.2) is 0 Å². The summed E-state index contributed by atoms with van der Waals surface area (Å²) in [6, 6.07) is 10.1. The van der Waals surface area contributed by atoms with Crippen LogP contribution in [0.15, 0.2) is 41.4 Å². The van der Waals surface area contributed by atoms with Gasteiger partial charge >= 0.3 is 5.97 Å². The second-order valence-corrected chi connectivity index (χ2v) is 5.64. The normalized spacial score (nSPS) is 10.4. The van der Waals surface area contributed by atoms with Crippen molar-refractivity contribution in [1.29, 1.82) is 0 Å². The Balaban J connectivity index is 1.91. The Hall–Kier alpha value is -1.33. The van der Waals surface area contributed by atoms with E-state index in [-0.39, 0.29) is 6.42 Å². The number of thiazole rings is 1. The maximum Gasteiger partial charge on any atom is 0.308 e. The molecule has 0 aliphatic rings. The van der Waals surface area contributed by atoms with Gasteiger partial charge in [0.1, 0.15) is 5.01 Å². The molecule has 1 aromatic carbocycles. The number of hydrogen-bond acceptors (Lipinski definition) is 4. The average molecular weight is 265 g/mol. The molecule has 1 heterocycles. The molecule has 0 spiro atoms. The van der Waals surface area contributed by atoms with Crippen molar-refractivity contribution in [2.45, 2.75) is 17.1 Å². The molecule has 3 nitrogen and oxygen atoms in total. The van der Waals surface area contributed by atoms with Crippen LogP contribution in [0.1, 0.15) is 9.88 Å². The Bertz CT molecular complexity index is 496. The van der Waals surface area contributed by atoms with Crippen LogP contribution in [-0.2, 0) is 17.0 Å². The van der Waals surface area contributed by atoms with Crippen LogP contribution in [-0.4, -0.2) is 16.1 Å². The van der Waals surface area contributed by atoms with Gasteiger partial charge in [0.05, 0.1) is 12.2 Å². The number of aliphatic carboxylic acids is 1. The smallest absolute Gasteiger partial charge is 0.308 e. The molecule has 0 atom stereocenters. The molecule has 2 aromatic rings. The molecule has 0 unspecified atom stereocenters. The Morgan fingerprint density at radius 1 is 1.35 bits per heavy atom. The Morgan fingerprint density at radius 2 is 2.12 bits per heavy atom. The highest BCUT2D eigenvalue weighted by Gasteiger charge is 2.06. The van der Waals surface area contributed by atoms with Gasteiger partial charge in [0, 0.05) is 16.0 Å². The maximum atomic E-state index is 10.5. The number of aromatic nitrogens is 1. The topological polar surface area (TPSA) is 50.2 Å². The highest BCUT2D eigenvalue weighted by atomic mass is 32.2.